The van der Waals surface area contributed by atoms with E-state index in [1.807, 2.05) is 18.2 Å². The fourth-order valence-electron chi connectivity index (χ4n) is 1.93. The number of para-hydroxylation sites is 1. The van der Waals surface area contributed by atoms with E-state index in [0.29, 0.717) is 17.6 Å². The van der Waals surface area contributed by atoms with Crippen molar-refractivity contribution < 1.29 is 9.53 Å². The zero-order valence-electron chi connectivity index (χ0n) is 9.72. The van der Waals surface area contributed by atoms with Crippen molar-refractivity contribution in [3.63, 3.8) is 0 Å². The Bertz CT molecular complexity index is 353. The molecule has 1 aromatic rings. The highest BCUT2D eigenvalue weighted by molar-refractivity contribution is 5.71. The predicted molar refractivity (Wildman–Crippen MR) is 62.4 cm³/mol. The zero-order chi connectivity index (χ0) is 11.5. The zero-order valence-corrected chi connectivity index (χ0v) is 9.72. The van der Waals surface area contributed by atoms with Gasteiger partial charge in [0.2, 0.25) is 0 Å². The van der Waals surface area contributed by atoms with Crippen LogP contribution in [-0.4, -0.2) is 24.1 Å². The third-order valence-corrected chi connectivity index (χ3v) is 3.19. The molecule has 1 aliphatic heterocycles. The Balaban J connectivity index is 1.95. The van der Waals surface area contributed by atoms with Gasteiger partial charge in [-0.25, -0.2) is 4.79 Å². The van der Waals surface area contributed by atoms with Gasteiger partial charge >= 0.3 is 6.09 Å². The number of likely N-dealkylation sites (tertiary alicyclic amines) is 1. The number of nitrogens with zero attached hydrogens (tertiary/aromatic N) is 1. The maximum atomic E-state index is 11.8. The molecule has 1 aromatic carbocycles. The molecule has 0 bridgehead atoms. The lowest BCUT2D eigenvalue weighted by molar-refractivity contribution is 0.160. The second-order valence-corrected chi connectivity index (χ2v) is 4.54. The molecule has 0 N–H and O–H groups in total. The lowest BCUT2D eigenvalue weighted by Crippen LogP contribution is -2.31. The molecule has 16 heavy (non-hydrogen) atoms. The predicted octanol–water partition coefficient (Wildman–Crippen LogP) is 2.77. The average molecular weight is 219 g/mol. The van der Waals surface area contributed by atoms with Gasteiger partial charge in [0.1, 0.15) is 5.75 Å². The molecule has 86 valence electrons. The van der Waals surface area contributed by atoms with Crippen molar-refractivity contribution in [2.75, 3.05) is 13.1 Å². The van der Waals surface area contributed by atoms with E-state index in [1.165, 1.54) is 0 Å². The monoisotopic (exact) mass is 219 g/mol. The Morgan fingerprint density at radius 1 is 1.19 bits per heavy atom. The minimum Gasteiger partial charge on any atom is -0.410 e. The molecule has 1 fully saturated rings. The van der Waals surface area contributed by atoms with Crippen LogP contribution in [0.1, 0.15) is 13.8 Å². The van der Waals surface area contributed by atoms with Gasteiger partial charge in [0.05, 0.1) is 0 Å². The Hall–Kier alpha value is -1.51. The van der Waals surface area contributed by atoms with Gasteiger partial charge in [-0.2, -0.15) is 0 Å². The van der Waals surface area contributed by atoms with Crippen LogP contribution in [0.3, 0.4) is 0 Å². The highest BCUT2D eigenvalue weighted by Gasteiger charge is 2.30. The summed E-state index contributed by atoms with van der Waals surface area (Å²) in [6, 6.07) is 9.20. The van der Waals surface area contributed by atoms with Gasteiger partial charge in [-0.1, -0.05) is 32.0 Å². The van der Waals surface area contributed by atoms with Gasteiger partial charge in [-0.3, -0.25) is 0 Å². The molecule has 0 saturated carbocycles. The van der Waals surface area contributed by atoms with Crippen LogP contribution >= 0.6 is 0 Å². The van der Waals surface area contributed by atoms with E-state index in [-0.39, 0.29) is 6.09 Å². The summed E-state index contributed by atoms with van der Waals surface area (Å²) >= 11 is 0. The van der Waals surface area contributed by atoms with Crippen LogP contribution < -0.4 is 4.74 Å². The van der Waals surface area contributed by atoms with Crippen LogP contribution in [0.4, 0.5) is 4.79 Å². The molecule has 1 aliphatic rings. The maximum absolute atomic E-state index is 11.8. The Kier molecular flexibility index (Phi) is 3.13. The lowest BCUT2D eigenvalue weighted by atomic mass is 10.0. The van der Waals surface area contributed by atoms with E-state index < -0.39 is 0 Å². The summed E-state index contributed by atoms with van der Waals surface area (Å²) in [6.07, 6.45) is -0.234. The van der Waals surface area contributed by atoms with E-state index >= 15 is 0 Å². The Morgan fingerprint density at radius 2 is 1.75 bits per heavy atom. The van der Waals surface area contributed by atoms with Gasteiger partial charge in [0, 0.05) is 13.1 Å². The second-order valence-electron chi connectivity index (χ2n) is 4.54. The van der Waals surface area contributed by atoms with Crippen molar-refractivity contribution in [2.45, 2.75) is 13.8 Å². The third-order valence-electron chi connectivity index (χ3n) is 3.19. The van der Waals surface area contributed by atoms with E-state index in [0.717, 1.165) is 13.1 Å². The quantitative estimate of drug-likeness (QED) is 0.726. The summed E-state index contributed by atoms with van der Waals surface area (Å²) in [4.78, 5) is 13.6. The largest absolute Gasteiger partial charge is 0.415 e. The number of amides is 1. The van der Waals surface area contributed by atoms with E-state index in [9.17, 15) is 4.79 Å². The second kappa shape index (κ2) is 4.56. The van der Waals surface area contributed by atoms with Gasteiger partial charge in [0.25, 0.3) is 0 Å². The molecule has 1 heterocycles. The first-order chi connectivity index (χ1) is 7.66. The summed E-state index contributed by atoms with van der Waals surface area (Å²) < 4.78 is 5.28. The molecule has 3 heteroatoms. The molecule has 0 aliphatic carbocycles. The van der Waals surface area contributed by atoms with Gasteiger partial charge in [0.15, 0.2) is 0 Å². The number of rotatable bonds is 1. The first kappa shape index (κ1) is 11.0. The SMILES string of the molecule is C[C@@H]1CN(C(=O)Oc2ccccc2)C[C@@H]1C. The summed E-state index contributed by atoms with van der Waals surface area (Å²) in [5, 5.41) is 0. The molecule has 2 rings (SSSR count). The van der Waals surface area contributed by atoms with Crippen molar-refractivity contribution >= 4 is 6.09 Å². The van der Waals surface area contributed by atoms with Crippen LogP contribution in [0.5, 0.6) is 5.75 Å². The van der Waals surface area contributed by atoms with Crippen LogP contribution in [0.2, 0.25) is 0 Å². The summed E-state index contributed by atoms with van der Waals surface area (Å²) in [5.74, 6) is 1.73. The number of carbonyl (C=O) groups excluding carboxylic acids is 1. The average Bonchev–Trinajstić information content (AvgIpc) is 2.61. The normalized spacial score (nSPS) is 24.5. The Labute approximate surface area is 96.0 Å². The first-order valence-corrected chi connectivity index (χ1v) is 5.68. The molecule has 1 saturated heterocycles. The summed E-state index contributed by atoms with van der Waals surface area (Å²) in [6.45, 7) is 5.93. The fourth-order valence-corrected chi connectivity index (χ4v) is 1.93. The highest BCUT2D eigenvalue weighted by atomic mass is 16.6. The van der Waals surface area contributed by atoms with Crippen molar-refractivity contribution in [3.8, 4) is 5.75 Å². The van der Waals surface area contributed by atoms with Gasteiger partial charge in [-0.05, 0) is 24.0 Å². The number of benzene rings is 1. The topological polar surface area (TPSA) is 29.5 Å². The Morgan fingerprint density at radius 3 is 2.31 bits per heavy atom. The number of carbonyl (C=O) groups is 1. The summed E-state index contributed by atoms with van der Waals surface area (Å²) in [5.41, 5.74) is 0. The van der Waals surface area contributed by atoms with Gasteiger partial charge < -0.3 is 9.64 Å². The number of hydrogen-bond acceptors (Lipinski definition) is 2. The van der Waals surface area contributed by atoms with Crippen LogP contribution in [0, 0.1) is 11.8 Å². The fraction of sp³-hybridized carbons (Fsp3) is 0.462. The number of hydrogen-bond donors (Lipinski definition) is 0. The molecular weight excluding hydrogens is 202 g/mol. The van der Waals surface area contributed by atoms with Crippen molar-refractivity contribution in [1.29, 1.82) is 0 Å². The van der Waals surface area contributed by atoms with E-state index in [4.69, 9.17) is 4.74 Å². The first-order valence-electron chi connectivity index (χ1n) is 5.68. The third kappa shape index (κ3) is 2.35. The van der Waals surface area contributed by atoms with Crippen molar-refractivity contribution in [2.24, 2.45) is 11.8 Å². The summed E-state index contributed by atoms with van der Waals surface area (Å²) in [7, 11) is 0. The maximum Gasteiger partial charge on any atom is 0.415 e. The molecular formula is C13H17NO2. The van der Waals surface area contributed by atoms with Crippen molar-refractivity contribution in [3.05, 3.63) is 30.3 Å². The molecule has 0 spiro atoms. The van der Waals surface area contributed by atoms with E-state index in [2.05, 4.69) is 13.8 Å². The molecule has 1 amide bonds. The van der Waals surface area contributed by atoms with Crippen LogP contribution in [0.25, 0.3) is 0 Å². The van der Waals surface area contributed by atoms with Crippen molar-refractivity contribution in [1.82, 2.24) is 4.90 Å². The standard InChI is InChI=1S/C13H17NO2/c1-10-8-14(9-11(10)2)13(15)16-12-6-4-3-5-7-12/h3-7,10-11H,8-9H2,1-2H3/t10-,11+. The molecule has 0 unspecified atom stereocenters. The molecule has 0 radical (unpaired) electrons. The minimum atomic E-state index is -0.234. The molecule has 3 nitrogen and oxygen atoms in total. The smallest absolute Gasteiger partial charge is 0.410 e. The van der Waals surface area contributed by atoms with Crippen LogP contribution in [0.15, 0.2) is 30.3 Å². The molecule has 2 atom stereocenters. The molecule has 0 aromatic heterocycles. The van der Waals surface area contributed by atoms with E-state index in [1.54, 1.807) is 17.0 Å². The highest BCUT2D eigenvalue weighted by Crippen LogP contribution is 2.23. The minimum absolute atomic E-state index is 0.234. The van der Waals surface area contributed by atoms with Gasteiger partial charge in [-0.15, -0.1) is 0 Å². The lowest BCUT2D eigenvalue weighted by Gasteiger charge is -2.15. The van der Waals surface area contributed by atoms with Crippen LogP contribution in [-0.2, 0) is 0 Å². The number of ether oxygens (including phenoxy) is 1.